The van der Waals surface area contributed by atoms with Crippen LogP contribution >= 0.6 is 15.9 Å². The van der Waals surface area contributed by atoms with Gasteiger partial charge < -0.3 is 14.4 Å². The molecule has 0 heterocycles. The number of halogens is 1. The molecule has 0 radical (unpaired) electrons. The van der Waals surface area contributed by atoms with Crippen molar-refractivity contribution in [3.05, 3.63) is 22.2 Å². The second-order valence-corrected chi connectivity index (χ2v) is 4.36. The average Bonchev–Trinajstić information content (AvgIpc) is 2.36. The van der Waals surface area contributed by atoms with E-state index in [1.165, 1.54) is 0 Å². The summed E-state index contributed by atoms with van der Waals surface area (Å²) in [6.07, 6.45) is 0. The van der Waals surface area contributed by atoms with Gasteiger partial charge >= 0.3 is 0 Å². The summed E-state index contributed by atoms with van der Waals surface area (Å²) in [7, 11) is 4.86. The maximum Gasteiger partial charge on any atom is 0.254 e. The molecule has 94 valence electrons. The van der Waals surface area contributed by atoms with Crippen LogP contribution in [-0.2, 0) is 0 Å². The van der Waals surface area contributed by atoms with E-state index in [0.717, 1.165) is 0 Å². The molecule has 0 saturated heterocycles. The third-order valence-corrected chi connectivity index (χ3v) is 3.18. The van der Waals surface area contributed by atoms with E-state index in [1.54, 1.807) is 38.3 Å². The number of carbonyl (C=O) groups is 1. The highest BCUT2D eigenvalue weighted by Crippen LogP contribution is 2.33. The second kappa shape index (κ2) is 5.91. The molecule has 1 rings (SSSR count). The van der Waals surface area contributed by atoms with Gasteiger partial charge in [-0.2, -0.15) is 0 Å². The number of nitrogens with zero attached hydrogens (tertiary/aromatic N) is 1. The van der Waals surface area contributed by atoms with Crippen molar-refractivity contribution in [2.75, 3.05) is 27.8 Å². The van der Waals surface area contributed by atoms with Crippen molar-refractivity contribution in [1.29, 1.82) is 0 Å². The Kier molecular flexibility index (Phi) is 4.81. The lowest BCUT2D eigenvalue weighted by Gasteiger charge is -2.17. The fourth-order valence-electron chi connectivity index (χ4n) is 1.37. The summed E-state index contributed by atoms with van der Waals surface area (Å²) in [5.74, 6) is 1.08. The monoisotopic (exact) mass is 301 g/mol. The Labute approximate surface area is 110 Å². The summed E-state index contributed by atoms with van der Waals surface area (Å²) in [5, 5.41) is 0. The van der Waals surface area contributed by atoms with Crippen LogP contribution in [0.2, 0.25) is 0 Å². The molecule has 5 heteroatoms. The topological polar surface area (TPSA) is 38.8 Å². The van der Waals surface area contributed by atoms with Gasteiger partial charge in [0.1, 0.15) is 0 Å². The molecule has 4 nitrogen and oxygen atoms in total. The number of rotatable bonds is 4. The van der Waals surface area contributed by atoms with E-state index in [2.05, 4.69) is 15.9 Å². The SMILES string of the molecule is CCN(C)C(=O)c1cc(OC)c(OC)cc1Br. The third kappa shape index (κ3) is 2.91. The highest BCUT2D eigenvalue weighted by molar-refractivity contribution is 9.10. The number of carbonyl (C=O) groups excluding carboxylic acids is 1. The van der Waals surface area contributed by atoms with Gasteiger partial charge in [-0.1, -0.05) is 0 Å². The quantitative estimate of drug-likeness (QED) is 0.858. The molecule has 1 aromatic carbocycles. The second-order valence-electron chi connectivity index (χ2n) is 3.51. The van der Waals surface area contributed by atoms with E-state index in [1.807, 2.05) is 6.92 Å². The molecule has 0 unspecified atom stereocenters. The summed E-state index contributed by atoms with van der Waals surface area (Å²) in [6.45, 7) is 2.58. The first-order chi connectivity index (χ1) is 8.04. The molecule has 0 bridgehead atoms. The highest BCUT2D eigenvalue weighted by Gasteiger charge is 2.17. The largest absolute Gasteiger partial charge is 0.493 e. The molecule has 0 fully saturated rings. The normalized spacial score (nSPS) is 9.94. The van der Waals surface area contributed by atoms with Crippen LogP contribution in [0.5, 0.6) is 11.5 Å². The Morgan fingerprint density at radius 1 is 1.29 bits per heavy atom. The van der Waals surface area contributed by atoms with Crippen LogP contribution in [-0.4, -0.2) is 38.6 Å². The minimum absolute atomic E-state index is 0.0553. The molecular weight excluding hydrogens is 286 g/mol. The van der Waals surface area contributed by atoms with Gasteiger partial charge in [0.25, 0.3) is 5.91 Å². The number of hydrogen-bond donors (Lipinski definition) is 0. The molecule has 0 spiro atoms. The zero-order valence-electron chi connectivity index (χ0n) is 10.4. The van der Waals surface area contributed by atoms with Gasteiger partial charge in [0.2, 0.25) is 0 Å². The molecule has 17 heavy (non-hydrogen) atoms. The van der Waals surface area contributed by atoms with Crippen LogP contribution in [0.1, 0.15) is 17.3 Å². The fourth-order valence-corrected chi connectivity index (χ4v) is 1.86. The first kappa shape index (κ1) is 13.8. The van der Waals surface area contributed by atoms with E-state index in [-0.39, 0.29) is 5.91 Å². The third-order valence-electron chi connectivity index (χ3n) is 2.52. The molecule has 0 aliphatic carbocycles. The Morgan fingerprint density at radius 3 is 2.29 bits per heavy atom. The van der Waals surface area contributed by atoms with Gasteiger partial charge in [-0.05, 0) is 35.0 Å². The Bertz CT molecular complexity index is 420. The predicted molar refractivity (Wildman–Crippen MR) is 69.9 cm³/mol. The maximum absolute atomic E-state index is 12.1. The van der Waals surface area contributed by atoms with Crippen LogP contribution in [0, 0.1) is 0 Å². The summed E-state index contributed by atoms with van der Waals surface area (Å²) in [6, 6.07) is 3.41. The molecule has 1 aromatic rings. The van der Waals surface area contributed by atoms with Crippen LogP contribution in [0.15, 0.2) is 16.6 Å². The summed E-state index contributed by atoms with van der Waals surface area (Å²) < 4.78 is 11.0. The Balaban J connectivity index is 3.21. The Hall–Kier alpha value is -1.23. The van der Waals surface area contributed by atoms with E-state index in [9.17, 15) is 4.79 Å². The first-order valence-corrected chi connectivity index (χ1v) is 6.01. The van der Waals surface area contributed by atoms with Gasteiger partial charge in [-0.3, -0.25) is 4.79 Å². The maximum atomic E-state index is 12.1. The van der Waals surface area contributed by atoms with Crippen molar-refractivity contribution in [2.45, 2.75) is 6.92 Å². The Morgan fingerprint density at radius 2 is 1.82 bits per heavy atom. The van der Waals surface area contributed by atoms with E-state index in [4.69, 9.17) is 9.47 Å². The van der Waals surface area contributed by atoms with Crippen molar-refractivity contribution in [1.82, 2.24) is 4.90 Å². The molecule has 0 atom stereocenters. The van der Waals surface area contributed by atoms with Crippen molar-refractivity contribution < 1.29 is 14.3 Å². The van der Waals surface area contributed by atoms with Gasteiger partial charge in [-0.15, -0.1) is 0 Å². The molecule has 1 amide bonds. The minimum Gasteiger partial charge on any atom is -0.493 e. The lowest BCUT2D eigenvalue weighted by Crippen LogP contribution is -2.26. The van der Waals surface area contributed by atoms with Crippen LogP contribution < -0.4 is 9.47 Å². The van der Waals surface area contributed by atoms with Gasteiger partial charge in [-0.25, -0.2) is 0 Å². The zero-order valence-corrected chi connectivity index (χ0v) is 12.0. The average molecular weight is 302 g/mol. The lowest BCUT2D eigenvalue weighted by molar-refractivity contribution is 0.0801. The fraction of sp³-hybridized carbons (Fsp3) is 0.417. The highest BCUT2D eigenvalue weighted by atomic mass is 79.9. The van der Waals surface area contributed by atoms with Crippen molar-refractivity contribution in [3.8, 4) is 11.5 Å². The smallest absolute Gasteiger partial charge is 0.254 e. The zero-order chi connectivity index (χ0) is 13.0. The van der Waals surface area contributed by atoms with Crippen LogP contribution in [0.25, 0.3) is 0 Å². The number of amides is 1. The van der Waals surface area contributed by atoms with Crippen molar-refractivity contribution in [3.63, 3.8) is 0 Å². The predicted octanol–water partition coefficient (Wildman–Crippen LogP) is 2.56. The molecule has 0 aliphatic rings. The number of methoxy groups -OCH3 is 2. The van der Waals surface area contributed by atoms with Crippen molar-refractivity contribution >= 4 is 21.8 Å². The summed E-state index contributed by atoms with van der Waals surface area (Å²) >= 11 is 3.37. The van der Waals surface area contributed by atoms with Crippen molar-refractivity contribution in [2.24, 2.45) is 0 Å². The molecule has 0 aliphatic heterocycles. The number of hydrogen-bond acceptors (Lipinski definition) is 3. The molecule has 0 N–H and O–H groups in total. The van der Waals surface area contributed by atoms with Crippen LogP contribution in [0.4, 0.5) is 0 Å². The van der Waals surface area contributed by atoms with Gasteiger partial charge in [0.15, 0.2) is 11.5 Å². The lowest BCUT2D eigenvalue weighted by atomic mass is 10.1. The molecule has 0 aromatic heterocycles. The van der Waals surface area contributed by atoms with Crippen LogP contribution in [0.3, 0.4) is 0 Å². The van der Waals surface area contributed by atoms with Gasteiger partial charge in [0.05, 0.1) is 19.8 Å². The summed E-state index contributed by atoms with van der Waals surface area (Å²) in [4.78, 5) is 13.7. The minimum atomic E-state index is -0.0553. The number of ether oxygens (including phenoxy) is 2. The van der Waals surface area contributed by atoms with E-state index >= 15 is 0 Å². The van der Waals surface area contributed by atoms with E-state index < -0.39 is 0 Å². The van der Waals surface area contributed by atoms with E-state index in [0.29, 0.717) is 28.1 Å². The molecular formula is C12H16BrNO3. The summed E-state index contributed by atoms with van der Waals surface area (Å²) in [5.41, 5.74) is 0.562. The standard InChI is InChI=1S/C12H16BrNO3/c1-5-14(2)12(15)8-6-10(16-3)11(17-4)7-9(8)13/h6-7H,5H2,1-4H3. The number of benzene rings is 1. The first-order valence-electron chi connectivity index (χ1n) is 5.22. The van der Waals surface area contributed by atoms with Gasteiger partial charge in [0, 0.05) is 18.1 Å². The molecule has 0 saturated carbocycles.